The van der Waals surface area contributed by atoms with Gasteiger partial charge in [0, 0.05) is 22.7 Å². The largest absolute Gasteiger partial charge is 0.352 e. The highest BCUT2D eigenvalue weighted by molar-refractivity contribution is 6.30. The average Bonchev–Trinajstić information content (AvgIpc) is 2.74. The number of rotatable bonds is 6. The Balaban J connectivity index is 1.58. The molecule has 0 aliphatic heterocycles. The van der Waals surface area contributed by atoms with E-state index in [0.717, 1.165) is 23.1 Å². The van der Waals surface area contributed by atoms with E-state index in [9.17, 15) is 9.59 Å². The number of carbonyl (C=O) groups excluding carboxylic acids is 2. The smallest absolute Gasteiger partial charge is 0.274 e. The maximum Gasteiger partial charge on any atom is 0.274 e. The fourth-order valence-corrected chi connectivity index (χ4v) is 2.89. The first kappa shape index (κ1) is 19.6. The Kier molecular flexibility index (Phi) is 6.42. The van der Waals surface area contributed by atoms with Crippen LogP contribution in [0.5, 0.6) is 0 Å². The van der Waals surface area contributed by atoms with Crippen molar-refractivity contribution in [1.82, 2.24) is 10.8 Å². The molecular weight excluding hydrogens is 376 g/mol. The summed E-state index contributed by atoms with van der Waals surface area (Å²) in [5, 5.41) is 12.3. The second kappa shape index (κ2) is 9.17. The molecule has 0 aromatic heterocycles. The molecule has 0 radical (unpaired) electrons. The third-order valence-electron chi connectivity index (χ3n) is 4.34. The molecule has 142 valence electrons. The molecule has 6 heteroatoms. The molecule has 0 bridgehead atoms. The minimum Gasteiger partial charge on any atom is -0.352 e. The van der Waals surface area contributed by atoms with Gasteiger partial charge in [0.2, 0.25) is 0 Å². The summed E-state index contributed by atoms with van der Waals surface area (Å²) in [7, 11) is 0. The molecule has 0 heterocycles. The summed E-state index contributed by atoms with van der Waals surface area (Å²) < 4.78 is 0. The van der Waals surface area contributed by atoms with Gasteiger partial charge in [0.15, 0.2) is 0 Å². The highest BCUT2D eigenvalue weighted by atomic mass is 35.5. The van der Waals surface area contributed by atoms with Crippen LogP contribution >= 0.6 is 11.6 Å². The molecular formula is C22H19ClN2O3. The van der Waals surface area contributed by atoms with Crippen LogP contribution < -0.4 is 10.8 Å². The van der Waals surface area contributed by atoms with Gasteiger partial charge in [-0.3, -0.25) is 14.8 Å². The Morgan fingerprint density at radius 2 is 1.25 bits per heavy atom. The van der Waals surface area contributed by atoms with E-state index >= 15 is 0 Å². The van der Waals surface area contributed by atoms with Gasteiger partial charge in [-0.1, -0.05) is 48.0 Å². The van der Waals surface area contributed by atoms with Crippen molar-refractivity contribution in [2.24, 2.45) is 0 Å². The molecule has 0 fully saturated rings. The van der Waals surface area contributed by atoms with E-state index in [4.69, 9.17) is 16.8 Å². The van der Waals surface area contributed by atoms with E-state index in [1.54, 1.807) is 41.9 Å². The number of carbonyl (C=O) groups is 2. The normalized spacial score (nSPS) is 10.4. The van der Waals surface area contributed by atoms with Crippen LogP contribution in [-0.4, -0.2) is 23.6 Å². The van der Waals surface area contributed by atoms with E-state index in [2.05, 4.69) is 5.32 Å². The van der Waals surface area contributed by atoms with Gasteiger partial charge in [-0.2, -0.15) is 0 Å². The number of nitrogens with one attached hydrogen (secondary N) is 2. The van der Waals surface area contributed by atoms with Crippen molar-refractivity contribution in [3.8, 4) is 11.1 Å². The zero-order valence-corrected chi connectivity index (χ0v) is 15.7. The summed E-state index contributed by atoms with van der Waals surface area (Å²) in [6, 6.07) is 21.6. The Hall–Kier alpha value is -3.15. The van der Waals surface area contributed by atoms with Gasteiger partial charge in [-0.05, 0) is 59.5 Å². The molecule has 0 saturated heterocycles. The molecule has 0 spiro atoms. The van der Waals surface area contributed by atoms with Gasteiger partial charge in [0.25, 0.3) is 11.8 Å². The molecule has 3 rings (SSSR count). The molecule has 28 heavy (non-hydrogen) atoms. The first-order valence-corrected chi connectivity index (χ1v) is 9.12. The molecule has 2 amide bonds. The zero-order valence-electron chi connectivity index (χ0n) is 15.0. The maximum absolute atomic E-state index is 12.3. The highest BCUT2D eigenvalue weighted by Gasteiger charge is 2.07. The molecule has 0 saturated carbocycles. The fourth-order valence-electron chi connectivity index (χ4n) is 2.77. The summed E-state index contributed by atoms with van der Waals surface area (Å²) in [6.45, 7) is 0.538. The number of hydroxylamine groups is 1. The van der Waals surface area contributed by atoms with Gasteiger partial charge in [-0.25, -0.2) is 5.48 Å². The summed E-state index contributed by atoms with van der Waals surface area (Å²) in [5.41, 5.74) is 5.49. The second-order valence-corrected chi connectivity index (χ2v) is 6.66. The molecule has 0 atom stereocenters. The summed E-state index contributed by atoms with van der Waals surface area (Å²) in [6.07, 6.45) is 0.731. The van der Waals surface area contributed by atoms with E-state index < -0.39 is 5.91 Å². The fraction of sp³-hybridized carbons (Fsp3) is 0.0909. The van der Waals surface area contributed by atoms with Crippen molar-refractivity contribution in [3.63, 3.8) is 0 Å². The van der Waals surface area contributed by atoms with Crippen molar-refractivity contribution >= 4 is 23.4 Å². The van der Waals surface area contributed by atoms with Gasteiger partial charge < -0.3 is 5.32 Å². The van der Waals surface area contributed by atoms with Crippen molar-refractivity contribution < 1.29 is 14.8 Å². The van der Waals surface area contributed by atoms with Crippen LogP contribution in [0.4, 0.5) is 0 Å². The van der Waals surface area contributed by atoms with Gasteiger partial charge in [0.05, 0.1) is 0 Å². The zero-order chi connectivity index (χ0) is 19.9. The van der Waals surface area contributed by atoms with Crippen molar-refractivity contribution in [1.29, 1.82) is 0 Å². The van der Waals surface area contributed by atoms with Crippen LogP contribution in [0.2, 0.25) is 5.02 Å². The lowest BCUT2D eigenvalue weighted by atomic mass is 10.0. The average molecular weight is 395 g/mol. The SMILES string of the molecule is O=C(NO)c1ccc(-c2ccc(C(=O)NCCc3ccc(Cl)cc3)cc2)cc1. The first-order chi connectivity index (χ1) is 13.6. The summed E-state index contributed by atoms with van der Waals surface area (Å²) in [4.78, 5) is 23.7. The lowest BCUT2D eigenvalue weighted by molar-refractivity contribution is 0.0706. The molecule has 3 aromatic carbocycles. The lowest BCUT2D eigenvalue weighted by Gasteiger charge is -2.07. The number of amides is 2. The summed E-state index contributed by atoms with van der Waals surface area (Å²) >= 11 is 5.86. The minimum atomic E-state index is -0.558. The van der Waals surface area contributed by atoms with Crippen molar-refractivity contribution in [2.75, 3.05) is 6.54 Å². The Bertz CT molecular complexity index is 953. The van der Waals surface area contributed by atoms with Crippen LogP contribution in [0.1, 0.15) is 26.3 Å². The van der Waals surface area contributed by atoms with E-state index in [1.807, 2.05) is 36.4 Å². The second-order valence-electron chi connectivity index (χ2n) is 6.23. The standard InChI is InChI=1S/C22H19ClN2O3/c23-20-11-1-15(2-12-20)13-14-24-21(26)18-7-3-16(4-8-18)17-5-9-19(10-6-17)22(27)25-28/h1-12,28H,13-14H2,(H,24,26)(H,25,27). The number of halogens is 1. The predicted octanol–water partition coefficient (Wildman–Crippen LogP) is 4.10. The van der Waals surface area contributed by atoms with Crippen molar-refractivity contribution in [3.05, 3.63) is 94.5 Å². The number of hydrogen-bond donors (Lipinski definition) is 3. The molecule has 0 aliphatic carbocycles. The van der Waals surface area contributed by atoms with E-state index in [0.29, 0.717) is 22.7 Å². The predicted molar refractivity (Wildman–Crippen MR) is 109 cm³/mol. The van der Waals surface area contributed by atoms with E-state index in [-0.39, 0.29) is 5.91 Å². The van der Waals surface area contributed by atoms with Gasteiger partial charge in [0.1, 0.15) is 0 Å². The third kappa shape index (κ3) is 4.97. The molecule has 3 N–H and O–H groups in total. The first-order valence-electron chi connectivity index (χ1n) is 8.74. The molecule has 0 aliphatic rings. The summed E-state index contributed by atoms with van der Waals surface area (Å²) in [5.74, 6) is -0.687. The number of hydrogen-bond acceptors (Lipinski definition) is 3. The Labute approximate surface area is 167 Å². The third-order valence-corrected chi connectivity index (χ3v) is 4.59. The lowest BCUT2D eigenvalue weighted by Crippen LogP contribution is -2.25. The van der Waals surface area contributed by atoms with Crippen LogP contribution in [-0.2, 0) is 6.42 Å². The van der Waals surface area contributed by atoms with Crippen LogP contribution in [0.15, 0.2) is 72.8 Å². The highest BCUT2D eigenvalue weighted by Crippen LogP contribution is 2.20. The topological polar surface area (TPSA) is 78.4 Å². The van der Waals surface area contributed by atoms with Crippen molar-refractivity contribution in [2.45, 2.75) is 6.42 Å². The monoisotopic (exact) mass is 394 g/mol. The van der Waals surface area contributed by atoms with E-state index in [1.165, 1.54) is 0 Å². The molecule has 3 aromatic rings. The van der Waals surface area contributed by atoms with Gasteiger partial charge >= 0.3 is 0 Å². The Morgan fingerprint density at radius 1 is 0.750 bits per heavy atom. The molecule has 5 nitrogen and oxygen atoms in total. The van der Waals surface area contributed by atoms with Crippen LogP contribution in [0.25, 0.3) is 11.1 Å². The van der Waals surface area contributed by atoms with Crippen LogP contribution in [0.3, 0.4) is 0 Å². The quantitative estimate of drug-likeness (QED) is 0.435. The maximum atomic E-state index is 12.3. The Morgan fingerprint density at radius 3 is 1.75 bits per heavy atom. The minimum absolute atomic E-state index is 0.129. The number of benzene rings is 3. The van der Waals surface area contributed by atoms with Gasteiger partial charge in [-0.15, -0.1) is 0 Å². The molecule has 0 unspecified atom stereocenters. The van der Waals surface area contributed by atoms with Crippen LogP contribution in [0, 0.1) is 0 Å².